The molecule has 7 heteroatoms. The minimum atomic E-state index is -0.389. The van der Waals surface area contributed by atoms with E-state index in [0.717, 1.165) is 5.56 Å². The third-order valence-electron chi connectivity index (χ3n) is 4.39. The lowest BCUT2D eigenvalue weighted by Crippen LogP contribution is -2.38. The number of ether oxygens (including phenoxy) is 1. The van der Waals surface area contributed by atoms with E-state index in [2.05, 4.69) is 0 Å². The fourth-order valence-electron chi connectivity index (χ4n) is 3.14. The van der Waals surface area contributed by atoms with Crippen molar-refractivity contribution in [2.24, 2.45) is 0 Å². The van der Waals surface area contributed by atoms with Crippen LogP contribution >= 0.6 is 22.9 Å². The summed E-state index contributed by atoms with van der Waals surface area (Å²) in [5.41, 5.74) is 1.32. The highest BCUT2D eigenvalue weighted by Gasteiger charge is 2.16. The van der Waals surface area contributed by atoms with E-state index < -0.39 is 0 Å². The molecule has 2 heterocycles. The standard InChI is InChI=1S/C21H17ClN2O3S/c1-2-27-17-8-6-16(7-9-17)24-20(25)19-18(10-11-28-19)23(21(24)26)13-14-4-3-5-15(22)12-14/h3-12H,2,13H2,1H3. The van der Waals surface area contributed by atoms with Crippen LogP contribution in [-0.2, 0) is 6.54 Å². The number of hydrogen-bond acceptors (Lipinski definition) is 4. The Hall–Kier alpha value is -2.83. The Kier molecular flexibility index (Phi) is 5.07. The Labute approximate surface area is 170 Å². The SMILES string of the molecule is CCOc1ccc(-n2c(=O)c3sccc3n(Cc3cccc(Cl)c3)c2=O)cc1. The summed E-state index contributed by atoms with van der Waals surface area (Å²) in [5.74, 6) is 0.691. The summed E-state index contributed by atoms with van der Waals surface area (Å²) in [6.45, 7) is 2.77. The predicted octanol–water partition coefficient (Wildman–Crippen LogP) is 4.31. The Morgan fingerprint density at radius 3 is 2.57 bits per heavy atom. The van der Waals surface area contributed by atoms with Gasteiger partial charge in [-0.1, -0.05) is 23.7 Å². The fourth-order valence-corrected chi connectivity index (χ4v) is 4.18. The summed E-state index contributed by atoms with van der Waals surface area (Å²) in [5, 5.41) is 2.43. The molecule has 0 aliphatic carbocycles. The normalized spacial score (nSPS) is 11.1. The molecule has 0 aliphatic heterocycles. The molecule has 4 aromatic rings. The first-order valence-electron chi connectivity index (χ1n) is 8.79. The van der Waals surface area contributed by atoms with Crippen LogP contribution in [0.5, 0.6) is 5.75 Å². The number of fused-ring (bicyclic) bond motifs is 1. The maximum atomic E-state index is 13.3. The van der Waals surface area contributed by atoms with Crippen molar-refractivity contribution in [1.82, 2.24) is 9.13 Å². The average molecular weight is 413 g/mol. The van der Waals surface area contributed by atoms with Gasteiger partial charge in [0.15, 0.2) is 0 Å². The highest BCUT2D eigenvalue weighted by atomic mass is 35.5. The third kappa shape index (κ3) is 3.37. The zero-order valence-electron chi connectivity index (χ0n) is 15.1. The van der Waals surface area contributed by atoms with E-state index in [-0.39, 0.29) is 11.2 Å². The van der Waals surface area contributed by atoms with Crippen molar-refractivity contribution < 1.29 is 4.74 Å². The second kappa shape index (κ2) is 7.66. The van der Waals surface area contributed by atoms with Crippen molar-refractivity contribution in [2.45, 2.75) is 13.5 Å². The largest absolute Gasteiger partial charge is 0.494 e. The van der Waals surface area contributed by atoms with Crippen LogP contribution in [0.3, 0.4) is 0 Å². The molecule has 0 spiro atoms. The Morgan fingerprint density at radius 2 is 1.86 bits per heavy atom. The van der Waals surface area contributed by atoms with E-state index in [9.17, 15) is 9.59 Å². The molecule has 0 radical (unpaired) electrons. The lowest BCUT2D eigenvalue weighted by Gasteiger charge is -2.13. The van der Waals surface area contributed by atoms with Crippen molar-refractivity contribution in [3.05, 3.63) is 91.4 Å². The van der Waals surface area contributed by atoms with E-state index in [1.807, 2.05) is 30.5 Å². The van der Waals surface area contributed by atoms with Gasteiger partial charge in [-0.3, -0.25) is 9.36 Å². The first-order valence-corrected chi connectivity index (χ1v) is 10.0. The molecule has 2 aromatic heterocycles. The Bertz CT molecular complexity index is 1260. The number of rotatable bonds is 5. The van der Waals surface area contributed by atoms with Gasteiger partial charge in [0.1, 0.15) is 10.4 Å². The van der Waals surface area contributed by atoms with E-state index in [4.69, 9.17) is 16.3 Å². The number of aromatic nitrogens is 2. The van der Waals surface area contributed by atoms with Crippen LogP contribution in [0, 0.1) is 0 Å². The van der Waals surface area contributed by atoms with Crippen molar-refractivity contribution in [2.75, 3.05) is 6.61 Å². The number of halogens is 1. The lowest BCUT2D eigenvalue weighted by atomic mass is 10.2. The monoisotopic (exact) mass is 412 g/mol. The topological polar surface area (TPSA) is 53.2 Å². The minimum Gasteiger partial charge on any atom is -0.494 e. The van der Waals surface area contributed by atoms with E-state index in [0.29, 0.717) is 39.8 Å². The van der Waals surface area contributed by atoms with Gasteiger partial charge < -0.3 is 4.74 Å². The second-order valence-corrected chi connectivity index (χ2v) is 7.55. The molecular formula is C21H17ClN2O3S. The van der Waals surface area contributed by atoms with Crippen LogP contribution in [0.25, 0.3) is 15.9 Å². The maximum absolute atomic E-state index is 13.3. The van der Waals surface area contributed by atoms with Gasteiger partial charge in [0, 0.05) is 5.02 Å². The summed E-state index contributed by atoms with van der Waals surface area (Å²) in [6.07, 6.45) is 0. The molecule has 0 aliphatic rings. The predicted molar refractivity (Wildman–Crippen MR) is 113 cm³/mol. The van der Waals surface area contributed by atoms with Gasteiger partial charge in [-0.2, -0.15) is 0 Å². The van der Waals surface area contributed by atoms with Crippen molar-refractivity contribution in [3.8, 4) is 11.4 Å². The highest BCUT2D eigenvalue weighted by molar-refractivity contribution is 7.17. The number of hydrogen-bond donors (Lipinski definition) is 0. The van der Waals surface area contributed by atoms with Gasteiger partial charge in [0.05, 0.1) is 24.4 Å². The van der Waals surface area contributed by atoms with E-state index >= 15 is 0 Å². The third-order valence-corrected chi connectivity index (χ3v) is 5.52. The van der Waals surface area contributed by atoms with Crippen molar-refractivity contribution in [1.29, 1.82) is 0 Å². The molecule has 0 amide bonds. The van der Waals surface area contributed by atoms with Gasteiger partial charge in [-0.05, 0) is 60.3 Å². The second-order valence-electron chi connectivity index (χ2n) is 6.20. The molecule has 0 bridgehead atoms. The quantitative estimate of drug-likeness (QED) is 0.490. The fraction of sp³-hybridized carbons (Fsp3) is 0.143. The highest BCUT2D eigenvalue weighted by Crippen LogP contribution is 2.19. The lowest BCUT2D eigenvalue weighted by molar-refractivity contribution is 0.340. The van der Waals surface area contributed by atoms with E-state index in [1.165, 1.54) is 15.9 Å². The summed E-state index contributed by atoms with van der Waals surface area (Å²) in [4.78, 5) is 26.3. The summed E-state index contributed by atoms with van der Waals surface area (Å²) in [7, 11) is 0. The van der Waals surface area contributed by atoms with Crippen molar-refractivity contribution in [3.63, 3.8) is 0 Å². The molecule has 28 heavy (non-hydrogen) atoms. The molecule has 4 rings (SSSR count). The molecule has 0 atom stereocenters. The minimum absolute atomic E-state index is 0.318. The number of thiophene rings is 1. The number of nitrogens with zero attached hydrogens (tertiary/aromatic N) is 2. The zero-order valence-corrected chi connectivity index (χ0v) is 16.7. The molecule has 0 fully saturated rings. The maximum Gasteiger partial charge on any atom is 0.336 e. The summed E-state index contributed by atoms with van der Waals surface area (Å²) < 4.78 is 8.80. The van der Waals surface area contributed by atoms with Crippen LogP contribution in [0.2, 0.25) is 5.02 Å². The Morgan fingerprint density at radius 1 is 1.07 bits per heavy atom. The zero-order chi connectivity index (χ0) is 19.7. The van der Waals surface area contributed by atoms with Crippen LogP contribution in [0.15, 0.2) is 69.6 Å². The van der Waals surface area contributed by atoms with Crippen LogP contribution in [0.1, 0.15) is 12.5 Å². The molecule has 142 valence electrons. The Balaban J connectivity index is 1.90. The van der Waals surface area contributed by atoms with Gasteiger partial charge in [-0.25, -0.2) is 9.36 Å². The van der Waals surface area contributed by atoms with Gasteiger partial charge in [0.2, 0.25) is 0 Å². The van der Waals surface area contributed by atoms with Crippen LogP contribution in [-0.4, -0.2) is 15.7 Å². The molecular weight excluding hydrogens is 396 g/mol. The molecule has 0 unspecified atom stereocenters. The van der Waals surface area contributed by atoms with Crippen molar-refractivity contribution >= 4 is 33.2 Å². The molecule has 0 N–H and O–H groups in total. The van der Waals surface area contributed by atoms with Crippen LogP contribution in [0.4, 0.5) is 0 Å². The van der Waals surface area contributed by atoms with E-state index in [1.54, 1.807) is 41.0 Å². The van der Waals surface area contributed by atoms with Gasteiger partial charge in [-0.15, -0.1) is 11.3 Å². The molecule has 5 nitrogen and oxygen atoms in total. The van der Waals surface area contributed by atoms with Gasteiger partial charge in [0.25, 0.3) is 5.56 Å². The molecule has 0 saturated carbocycles. The number of benzene rings is 2. The van der Waals surface area contributed by atoms with Gasteiger partial charge >= 0.3 is 5.69 Å². The van der Waals surface area contributed by atoms with Crippen LogP contribution < -0.4 is 16.0 Å². The first-order chi connectivity index (χ1) is 13.6. The molecule has 2 aromatic carbocycles. The average Bonchev–Trinajstić information content (AvgIpc) is 3.17. The smallest absolute Gasteiger partial charge is 0.336 e. The summed E-state index contributed by atoms with van der Waals surface area (Å²) in [6, 6.07) is 16.1. The first kappa shape index (κ1) is 18.5. The summed E-state index contributed by atoms with van der Waals surface area (Å²) >= 11 is 7.42. The molecule has 0 saturated heterocycles.